The summed E-state index contributed by atoms with van der Waals surface area (Å²) >= 11 is 0. The van der Waals surface area contributed by atoms with Gasteiger partial charge in [0.2, 0.25) is 5.91 Å². The largest absolute Gasteiger partial charge is 0.484 e. The van der Waals surface area contributed by atoms with Gasteiger partial charge < -0.3 is 15.8 Å². The van der Waals surface area contributed by atoms with E-state index in [2.05, 4.69) is 5.32 Å². The van der Waals surface area contributed by atoms with Crippen molar-refractivity contribution < 1.29 is 27.5 Å². The Labute approximate surface area is 141 Å². The van der Waals surface area contributed by atoms with Crippen molar-refractivity contribution in [1.82, 2.24) is 5.32 Å². The minimum Gasteiger partial charge on any atom is -0.484 e. The number of carbonyl (C=O) groups is 2. The Morgan fingerprint density at radius 1 is 1.08 bits per heavy atom. The fourth-order valence-electron chi connectivity index (χ4n) is 1.95. The number of amides is 2. The van der Waals surface area contributed by atoms with Crippen LogP contribution in [0.15, 0.2) is 48.5 Å². The molecule has 2 amide bonds. The van der Waals surface area contributed by atoms with Gasteiger partial charge in [-0.2, -0.15) is 13.2 Å². The number of primary amides is 1. The maximum atomic E-state index is 12.5. The SMILES string of the molecule is NC(=O)c1cccc(OCC(=O)NCc2ccc(C(F)(F)F)cc2)c1. The highest BCUT2D eigenvalue weighted by molar-refractivity contribution is 5.93. The minimum atomic E-state index is -4.39. The van der Waals surface area contributed by atoms with Gasteiger partial charge in [-0.1, -0.05) is 18.2 Å². The van der Waals surface area contributed by atoms with Gasteiger partial charge in [-0.05, 0) is 35.9 Å². The highest BCUT2D eigenvalue weighted by Crippen LogP contribution is 2.29. The van der Waals surface area contributed by atoms with Crippen LogP contribution in [0.2, 0.25) is 0 Å². The second-order valence-electron chi connectivity index (χ2n) is 5.15. The third-order valence-corrected chi connectivity index (χ3v) is 3.26. The molecule has 0 atom stereocenters. The van der Waals surface area contributed by atoms with E-state index in [0.29, 0.717) is 11.3 Å². The first-order chi connectivity index (χ1) is 11.8. The molecule has 25 heavy (non-hydrogen) atoms. The molecule has 0 aliphatic carbocycles. The molecule has 0 bridgehead atoms. The van der Waals surface area contributed by atoms with E-state index in [1.54, 1.807) is 12.1 Å². The Hall–Kier alpha value is -3.03. The molecule has 0 saturated heterocycles. The average molecular weight is 352 g/mol. The molecule has 2 aromatic rings. The van der Waals surface area contributed by atoms with Crippen LogP contribution in [0.3, 0.4) is 0 Å². The van der Waals surface area contributed by atoms with Gasteiger partial charge in [0, 0.05) is 12.1 Å². The van der Waals surface area contributed by atoms with Gasteiger partial charge in [0.15, 0.2) is 6.61 Å². The zero-order valence-corrected chi connectivity index (χ0v) is 13.0. The van der Waals surface area contributed by atoms with Crippen molar-refractivity contribution in [3.05, 3.63) is 65.2 Å². The molecule has 0 unspecified atom stereocenters. The highest BCUT2D eigenvalue weighted by atomic mass is 19.4. The van der Waals surface area contributed by atoms with Crippen molar-refractivity contribution >= 4 is 11.8 Å². The Morgan fingerprint density at radius 2 is 1.76 bits per heavy atom. The number of nitrogens with one attached hydrogen (secondary N) is 1. The normalized spacial score (nSPS) is 11.0. The van der Waals surface area contributed by atoms with Gasteiger partial charge >= 0.3 is 6.18 Å². The van der Waals surface area contributed by atoms with E-state index in [9.17, 15) is 22.8 Å². The monoisotopic (exact) mass is 352 g/mol. The molecule has 0 aliphatic rings. The van der Waals surface area contributed by atoms with Crippen LogP contribution in [0, 0.1) is 0 Å². The van der Waals surface area contributed by atoms with Crippen molar-refractivity contribution in [2.75, 3.05) is 6.61 Å². The molecule has 2 rings (SSSR count). The van der Waals surface area contributed by atoms with Crippen LogP contribution in [0.5, 0.6) is 5.75 Å². The number of rotatable bonds is 6. The van der Waals surface area contributed by atoms with E-state index < -0.39 is 23.6 Å². The number of hydrogen-bond acceptors (Lipinski definition) is 3. The molecule has 0 fully saturated rings. The maximum absolute atomic E-state index is 12.5. The number of hydrogen-bond donors (Lipinski definition) is 2. The number of halogens is 3. The summed E-state index contributed by atoms with van der Waals surface area (Å²) in [6.07, 6.45) is -4.39. The van der Waals surface area contributed by atoms with Crippen LogP contribution in [-0.4, -0.2) is 18.4 Å². The van der Waals surface area contributed by atoms with Crippen LogP contribution < -0.4 is 15.8 Å². The molecule has 8 heteroatoms. The average Bonchev–Trinajstić information content (AvgIpc) is 2.58. The fraction of sp³-hybridized carbons (Fsp3) is 0.176. The van der Waals surface area contributed by atoms with Gasteiger partial charge in [0.05, 0.1) is 5.56 Å². The van der Waals surface area contributed by atoms with Gasteiger partial charge in [-0.25, -0.2) is 0 Å². The predicted molar refractivity (Wildman–Crippen MR) is 83.7 cm³/mol. The first-order valence-electron chi connectivity index (χ1n) is 7.21. The van der Waals surface area contributed by atoms with E-state index in [1.807, 2.05) is 0 Å². The summed E-state index contributed by atoms with van der Waals surface area (Å²) in [7, 11) is 0. The van der Waals surface area contributed by atoms with Crippen LogP contribution in [0.1, 0.15) is 21.5 Å². The quantitative estimate of drug-likeness (QED) is 0.838. The fourth-order valence-corrected chi connectivity index (χ4v) is 1.95. The highest BCUT2D eigenvalue weighted by Gasteiger charge is 2.29. The topological polar surface area (TPSA) is 81.4 Å². The summed E-state index contributed by atoms with van der Waals surface area (Å²) in [6, 6.07) is 10.5. The van der Waals surface area contributed by atoms with Crippen molar-refractivity contribution in [2.24, 2.45) is 5.73 Å². The first kappa shape index (κ1) is 18.3. The lowest BCUT2D eigenvalue weighted by atomic mass is 10.1. The molecule has 0 heterocycles. The summed E-state index contributed by atoms with van der Waals surface area (Å²) < 4.78 is 42.6. The van der Waals surface area contributed by atoms with Crippen molar-refractivity contribution in [1.29, 1.82) is 0 Å². The molecular weight excluding hydrogens is 337 g/mol. The molecule has 2 aromatic carbocycles. The molecule has 0 radical (unpaired) electrons. The lowest BCUT2D eigenvalue weighted by molar-refractivity contribution is -0.137. The maximum Gasteiger partial charge on any atom is 0.416 e. The van der Waals surface area contributed by atoms with E-state index >= 15 is 0 Å². The molecule has 0 spiro atoms. The summed E-state index contributed by atoms with van der Waals surface area (Å²) in [5.74, 6) is -0.762. The van der Waals surface area contributed by atoms with Crippen molar-refractivity contribution in [2.45, 2.75) is 12.7 Å². The summed E-state index contributed by atoms with van der Waals surface area (Å²) in [5.41, 5.74) is 5.17. The van der Waals surface area contributed by atoms with Crippen LogP contribution in [-0.2, 0) is 17.5 Å². The second-order valence-corrected chi connectivity index (χ2v) is 5.15. The van der Waals surface area contributed by atoms with Crippen LogP contribution in [0.25, 0.3) is 0 Å². The van der Waals surface area contributed by atoms with Crippen molar-refractivity contribution in [3.63, 3.8) is 0 Å². The van der Waals surface area contributed by atoms with Gasteiger partial charge in [-0.15, -0.1) is 0 Å². The number of alkyl halides is 3. The Balaban J connectivity index is 1.83. The molecule has 132 valence electrons. The molecular formula is C17H15F3N2O3. The number of benzene rings is 2. The molecule has 0 aromatic heterocycles. The number of nitrogens with two attached hydrogens (primary N) is 1. The smallest absolute Gasteiger partial charge is 0.416 e. The third kappa shape index (κ3) is 5.52. The molecule has 3 N–H and O–H groups in total. The minimum absolute atomic E-state index is 0.0711. The zero-order chi connectivity index (χ0) is 18.4. The van der Waals surface area contributed by atoms with Gasteiger partial charge in [0.25, 0.3) is 5.91 Å². The lowest BCUT2D eigenvalue weighted by Gasteiger charge is -2.10. The summed E-state index contributed by atoms with van der Waals surface area (Å²) in [4.78, 5) is 22.8. The molecule has 0 aliphatic heterocycles. The number of carbonyl (C=O) groups excluding carboxylic acids is 2. The standard InChI is InChI=1S/C17H15F3N2O3/c18-17(19,20)13-6-4-11(5-7-13)9-22-15(23)10-25-14-3-1-2-12(8-14)16(21)24/h1-8H,9-10H2,(H2,21,24)(H,22,23). The van der Waals surface area contributed by atoms with E-state index in [1.165, 1.54) is 24.3 Å². The third-order valence-electron chi connectivity index (χ3n) is 3.26. The Kier molecular flexibility index (Phi) is 5.63. The first-order valence-corrected chi connectivity index (χ1v) is 7.21. The molecule has 0 saturated carbocycles. The Morgan fingerprint density at radius 3 is 2.36 bits per heavy atom. The van der Waals surface area contributed by atoms with Gasteiger partial charge in [-0.3, -0.25) is 9.59 Å². The summed E-state index contributed by atoms with van der Waals surface area (Å²) in [6.45, 7) is -0.232. The van der Waals surface area contributed by atoms with Gasteiger partial charge in [0.1, 0.15) is 5.75 Å². The zero-order valence-electron chi connectivity index (χ0n) is 13.0. The van der Waals surface area contributed by atoms with E-state index in [0.717, 1.165) is 12.1 Å². The second kappa shape index (κ2) is 7.69. The van der Waals surface area contributed by atoms with Crippen LogP contribution in [0.4, 0.5) is 13.2 Å². The van der Waals surface area contributed by atoms with Crippen LogP contribution >= 0.6 is 0 Å². The number of ether oxygens (including phenoxy) is 1. The van der Waals surface area contributed by atoms with E-state index in [4.69, 9.17) is 10.5 Å². The Bertz CT molecular complexity index is 758. The predicted octanol–water partition coefficient (Wildman–Crippen LogP) is 2.50. The van der Waals surface area contributed by atoms with E-state index in [-0.39, 0.29) is 18.7 Å². The summed E-state index contributed by atoms with van der Waals surface area (Å²) in [5, 5.41) is 2.53. The molecule has 5 nitrogen and oxygen atoms in total. The lowest BCUT2D eigenvalue weighted by Crippen LogP contribution is -2.28. The van der Waals surface area contributed by atoms with Crippen molar-refractivity contribution in [3.8, 4) is 5.75 Å².